The first kappa shape index (κ1) is 18.6. The Morgan fingerprint density at radius 2 is 1.79 bits per heavy atom. The quantitative estimate of drug-likeness (QED) is 0.805. The molecule has 0 radical (unpaired) electrons. The van der Waals surface area contributed by atoms with Crippen molar-refractivity contribution in [2.75, 3.05) is 13.1 Å². The summed E-state index contributed by atoms with van der Waals surface area (Å²) in [6.45, 7) is 1.58. The number of piperidine rings is 1. The summed E-state index contributed by atoms with van der Waals surface area (Å²) < 4.78 is 5.23. The Hall–Kier alpha value is -2.76. The van der Waals surface area contributed by atoms with Crippen LogP contribution in [0.5, 0.6) is 0 Å². The van der Waals surface area contributed by atoms with Crippen LogP contribution in [-0.4, -0.2) is 29.9 Å². The molecule has 2 aromatic rings. The number of amides is 3. The van der Waals surface area contributed by atoms with E-state index in [1.807, 2.05) is 24.3 Å². The fourth-order valence-electron chi connectivity index (χ4n) is 3.87. The highest BCUT2D eigenvalue weighted by molar-refractivity contribution is 5.80. The van der Waals surface area contributed by atoms with Crippen LogP contribution in [0.15, 0.2) is 53.1 Å². The average Bonchev–Trinajstić information content (AvgIpc) is 3.45. The SMILES string of the molecule is O=C(N[C@@H](c1ccccc1)C1CC1)C1CCN(C(=O)NCc2ccco2)CC1. The third-order valence-electron chi connectivity index (χ3n) is 5.70. The van der Waals surface area contributed by atoms with Gasteiger partial charge >= 0.3 is 6.03 Å². The Morgan fingerprint density at radius 3 is 2.43 bits per heavy atom. The van der Waals surface area contributed by atoms with Crippen molar-refractivity contribution in [2.45, 2.75) is 38.3 Å². The second-order valence-electron chi connectivity index (χ2n) is 7.73. The molecule has 0 spiro atoms. The molecule has 1 atom stereocenters. The number of furan rings is 1. The minimum atomic E-state index is -0.101. The van der Waals surface area contributed by atoms with Gasteiger partial charge in [-0.05, 0) is 49.3 Å². The first-order chi connectivity index (χ1) is 13.7. The van der Waals surface area contributed by atoms with Gasteiger partial charge in [0.25, 0.3) is 0 Å². The van der Waals surface area contributed by atoms with Crippen molar-refractivity contribution in [1.29, 1.82) is 0 Å². The first-order valence-corrected chi connectivity index (χ1v) is 10.1. The van der Waals surface area contributed by atoms with Crippen molar-refractivity contribution >= 4 is 11.9 Å². The molecule has 148 valence electrons. The van der Waals surface area contributed by atoms with Gasteiger partial charge in [-0.25, -0.2) is 4.79 Å². The normalized spacial score (nSPS) is 18.5. The fraction of sp³-hybridized carbons (Fsp3) is 0.455. The van der Waals surface area contributed by atoms with Crippen LogP contribution in [0.3, 0.4) is 0 Å². The molecule has 2 fully saturated rings. The molecule has 0 bridgehead atoms. The van der Waals surface area contributed by atoms with Crippen molar-refractivity contribution in [3.63, 3.8) is 0 Å². The molecule has 1 aromatic heterocycles. The average molecular weight is 381 g/mol. The molecule has 1 saturated heterocycles. The van der Waals surface area contributed by atoms with Gasteiger partial charge < -0.3 is 20.0 Å². The Labute approximate surface area is 165 Å². The zero-order valence-corrected chi connectivity index (χ0v) is 16.0. The molecular formula is C22H27N3O3. The van der Waals surface area contributed by atoms with Gasteiger partial charge in [0.05, 0.1) is 18.8 Å². The topological polar surface area (TPSA) is 74.6 Å². The molecule has 2 N–H and O–H groups in total. The summed E-state index contributed by atoms with van der Waals surface area (Å²) in [4.78, 5) is 26.9. The lowest BCUT2D eigenvalue weighted by Gasteiger charge is -2.32. The maximum atomic E-state index is 12.8. The molecule has 4 rings (SSSR count). The van der Waals surface area contributed by atoms with Crippen LogP contribution in [-0.2, 0) is 11.3 Å². The van der Waals surface area contributed by atoms with Crippen LogP contribution in [0, 0.1) is 11.8 Å². The van der Waals surface area contributed by atoms with E-state index in [0.29, 0.717) is 38.4 Å². The van der Waals surface area contributed by atoms with Gasteiger partial charge in [0.1, 0.15) is 5.76 Å². The number of nitrogens with one attached hydrogen (secondary N) is 2. The van der Waals surface area contributed by atoms with E-state index in [1.54, 1.807) is 17.2 Å². The van der Waals surface area contributed by atoms with Gasteiger partial charge in [-0.3, -0.25) is 4.79 Å². The van der Waals surface area contributed by atoms with Gasteiger partial charge in [0.2, 0.25) is 5.91 Å². The lowest BCUT2D eigenvalue weighted by Crippen LogP contribution is -2.47. The number of rotatable bonds is 6. The Balaban J connectivity index is 1.26. The molecule has 6 heteroatoms. The predicted octanol–water partition coefficient (Wildman–Crippen LogP) is 3.47. The molecule has 1 aliphatic carbocycles. The van der Waals surface area contributed by atoms with E-state index in [-0.39, 0.29) is 23.9 Å². The summed E-state index contributed by atoms with van der Waals surface area (Å²) in [6.07, 6.45) is 5.34. The summed E-state index contributed by atoms with van der Waals surface area (Å²) in [5, 5.41) is 6.15. The fourth-order valence-corrected chi connectivity index (χ4v) is 3.87. The van der Waals surface area contributed by atoms with Crippen molar-refractivity contribution in [1.82, 2.24) is 15.5 Å². The minimum absolute atomic E-state index is 0.0286. The standard InChI is InChI=1S/C22H27N3O3/c26-21(24-20(17-8-9-17)16-5-2-1-3-6-16)18-10-12-25(13-11-18)22(27)23-15-19-7-4-14-28-19/h1-7,14,17-18,20H,8-13,15H2,(H,23,27)(H,24,26)/t20-/m0/s1. The molecule has 0 unspecified atom stereocenters. The summed E-state index contributed by atoms with van der Waals surface area (Å²) in [5.41, 5.74) is 1.19. The molecule has 28 heavy (non-hydrogen) atoms. The van der Waals surface area contributed by atoms with Crippen molar-refractivity contribution in [2.24, 2.45) is 11.8 Å². The van der Waals surface area contributed by atoms with Crippen LogP contribution in [0.1, 0.15) is 43.0 Å². The number of hydrogen-bond donors (Lipinski definition) is 2. The van der Waals surface area contributed by atoms with Gasteiger partial charge in [-0.1, -0.05) is 30.3 Å². The summed E-state index contributed by atoms with van der Waals surface area (Å²) in [6, 6.07) is 13.9. The highest BCUT2D eigenvalue weighted by atomic mass is 16.3. The lowest BCUT2D eigenvalue weighted by molar-refractivity contribution is -0.127. The third-order valence-corrected chi connectivity index (χ3v) is 5.70. The third kappa shape index (κ3) is 4.55. The number of carbonyl (C=O) groups excluding carboxylic acids is 2. The smallest absolute Gasteiger partial charge is 0.317 e. The Morgan fingerprint density at radius 1 is 1.04 bits per heavy atom. The van der Waals surface area contributed by atoms with E-state index in [1.165, 1.54) is 18.4 Å². The second-order valence-corrected chi connectivity index (χ2v) is 7.73. The van der Waals surface area contributed by atoms with E-state index in [2.05, 4.69) is 22.8 Å². The largest absolute Gasteiger partial charge is 0.467 e. The lowest BCUT2D eigenvalue weighted by atomic mass is 9.94. The summed E-state index contributed by atoms with van der Waals surface area (Å²) in [7, 11) is 0. The maximum Gasteiger partial charge on any atom is 0.317 e. The molecule has 3 amide bonds. The molecule has 2 heterocycles. The van der Waals surface area contributed by atoms with E-state index in [0.717, 1.165) is 5.76 Å². The Kier molecular flexibility index (Phi) is 5.65. The molecule has 6 nitrogen and oxygen atoms in total. The first-order valence-electron chi connectivity index (χ1n) is 10.1. The van der Waals surface area contributed by atoms with E-state index >= 15 is 0 Å². The predicted molar refractivity (Wildman–Crippen MR) is 105 cm³/mol. The monoisotopic (exact) mass is 381 g/mol. The molecule has 1 aliphatic heterocycles. The summed E-state index contributed by atoms with van der Waals surface area (Å²) >= 11 is 0. The number of urea groups is 1. The minimum Gasteiger partial charge on any atom is -0.467 e. The van der Waals surface area contributed by atoms with Gasteiger partial charge in [-0.2, -0.15) is 0 Å². The van der Waals surface area contributed by atoms with Crippen LogP contribution in [0.2, 0.25) is 0 Å². The van der Waals surface area contributed by atoms with Crippen LogP contribution >= 0.6 is 0 Å². The Bertz CT molecular complexity index is 779. The molecule has 1 saturated carbocycles. The summed E-state index contributed by atoms with van der Waals surface area (Å²) in [5.74, 6) is 1.38. The zero-order valence-electron chi connectivity index (χ0n) is 16.0. The number of likely N-dealkylation sites (tertiary alicyclic amines) is 1. The molecule has 1 aromatic carbocycles. The maximum absolute atomic E-state index is 12.8. The van der Waals surface area contributed by atoms with Crippen LogP contribution in [0.4, 0.5) is 4.79 Å². The molecule has 2 aliphatic rings. The number of nitrogens with zero attached hydrogens (tertiary/aromatic N) is 1. The van der Waals surface area contributed by atoms with Gasteiger partial charge in [0.15, 0.2) is 0 Å². The number of hydrogen-bond acceptors (Lipinski definition) is 3. The van der Waals surface area contributed by atoms with Crippen LogP contribution < -0.4 is 10.6 Å². The van der Waals surface area contributed by atoms with E-state index < -0.39 is 0 Å². The van der Waals surface area contributed by atoms with Crippen LogP contribution in [0.25, 0.3) is 0 Å². The highest BCUT2D eigenvalue weighted by Gasteiger charge is 2.35. The zero-order chi connectivity index (χ0) is 19.3. The second kappa shape index (κ2) is 8.50. The van der Waals surface area contributed by atoms with Crippen molar-refractivity contribution in [3.05, 3.63) is 60.1 Å². The van der Waals surface area contributed by atoms with Crippen molar-refractivity contribution < 1.29 is 14.0 Å². The number of benzene rings is 1. The molecular weight excluding hydrogens is 354 g/mol. The van der Waals surface area contributed by atoms with Crippen molar-refractivity contribution in [3.8, 4) is 0 Å². The van der Waals surface area contributed by atoms with E-state index in [9.17, 15) is 9.59 Å². The highest BCUT2D eigenvalue weighted by Crippen LogP contribution is 2.41. The number of carbonyl (C=O) groups is 2. The van der Waals surface area contributed by atoms with Gasteiger partial charge in [0, 0.05) is 19.0 Å². The van der Waals surface area contributed by atoms with E-state index in [4.69, 9.17) is 4.42 Å². The van der Waals surface area contributed by atoms with Gasteiger partial charge in [-0.15, -0.1) is 0 Å².